The third-order valence-electron chi connectivity index (χ3n) is 5.42. The molecule has 2 fully saturated rings. The maximum Gasteiger partial charge on any atom is 0.318 e. The lowest BCUT2D eigenvalue weighted by Gasteiger charge is -2.39. The Hall–Kier alpha value is -2.77. The van der Waals surface area contributed by atoms with Gasteiger partial charge in [-0.3, -0.25) is 5.10 Å². The van der Waals surface area contributed by atoms with E-state index in [0.717, 1.165) is 48.8 Å². The number of amides is 4. The normalized spacial score (nSPS) is 19.7. The summed E-state index contributed by atoms with van der Waals surface area (Å²) in [7, 11) is 1.64. The molecule has 27 heavy (non-hydrogen) atoms. The van der Waals surface area contributed by atoms with Crippen molar-refractivity contribution in [3.05, 3.63) is 30.0 Å². The topological polar surface area (TPSA) is 93.4 Å². The minimum atomic E-state index is -0.0696. The first-order chi connectivity index (χ1) is 13.2. The number of carbonyl (C=O) groups excluding carboxylic acids is 2. The molecule has 1 aromatic heterocycles. The number of carbonyl (C=O) groups is 2. The second kappa shape index (κ2) is 7.46. The Morgan fingerprint density at radius 1 is 1.26 bits per heavy atom. The second-order valence-electron chi connectivity index (χ2n) is 7.31. The number of aromatic amines is 1. The number of likely N-dealkylation sites (tertiary alicyclic amines) is 1. The van der Waals surface area contributed by atoms with Gasteiger partial charge in [-0.2, -0.15) is 5.10 Å². The molecule has 8 nitrogen and oxygen atoms in total. The Labute approximate surface area is 158 Å². The zero-order chi connectivity index (χ0) is 18.8. The molecule has 2 aromatic rings. The first-order valence-electron chi connectivity index (χ1n) is 9.62. The van der Waals surface area contributed by atoms with Crippen LogP contribution in [-0.2, 0) is 6.54 Å². The number of hydrogen-bond donors (Lipinski definition) is 3. The fraction of sp³-hybridized carbons (Fsp3) is 0.526. The number of nitrogens with one attached hydrogen (secondary N) is 3. The first-order valence-corrected chi connectivity index (χ1v) is 9.62. The van der Waals surface area contributed by atoms with Gasteiger partial charge in [-0.15, -0.1) is 0 Å². The van der Waals surface area contributed by atoms with Crippen LogP contribution in [0.15, 0.2) is 24.3 Å². The average Bonchev–Trinajstić information content (AvgIpc) is 3.45. The molecule has 2 heterocycles. The lowest BCUT2D eigenvalue weighted by Crippen LogP contribution is -2.56. The predicted molar refractivity (Wildman–Crippen MR) is 102 cm³/mol. The number of rotatable bonds is 4. The molecule has 1 aromatic carbocycles. The minimum Gasteiger partial charge on any atom is -0.341 e. The quantitative estimate of drug-likeness (QED) is 0.769. The van der Waals surface area contributed by atoms with Gasteiger partial charge in [0.1, 0.15) is 0 Å². The van der Waals surface area contributed by atoms with E-state index >= 15 is 0 Å². The van der Waals surface area contributed by atoms with Crippen LogP contribution >= 0.6 is 0 Å². The summed E-state index contributed by atoms with van der Waals surface area (Å²) in [4.78, 5) is 28.7. The van der Waals surface area contributed by atoms with Crippen LogP contribution in [0.1, 0.15) is 31.4 Å². The van der Waals surface area contributed by atoms with Gasteiger partial charge in [-0.05, 0) is 31.7 Å². The summed E-state index contributed by atoms with van der Waals surface area (Å²) in [5.74, 6) is 0. The van der Waals surface area contributed by atoms with Crippen LogP contribution in [0.25, 0.3) is 10.9 Å². The molecular weight excluding hydrogens is 344 g/mol. The van der Waals surface area contributed by atoms with Crippen LogP contribution in [0.4, 0.5) is 9.59 Å². The SMILES string of the molecule is CNC(=O)N1CCCC(N(C(=O)NCc2[nH]nc3ccccc23)C2CC2)C1. The Morgan fingerprint density at radius 2 is 2.07 bits per heavy atom. The summed E-state index contributed by atoms with van der Waals surface area (Å²) in [6.07, 6.45) is 3.93. The molecule has 144 valence electrons. The number of urea groups is 2. The summed E-state index contributed by atoms with van der Waals surface area (Å²) in [5.41, 5.74) is 1.81. The van der Waals surface area contributed by atoms with Crippen LogP contribution in [0, 0.1) is 0 Å². The smallest absolute Gasteiger partial charge is 0.318 e. The molecule has 2 aliphatic rings. The van der Waals surface area contributed by atoms with E-state index in [1.807, 2.05) is 29.2 Å². The standard InChI is InChI=1S/C19H26N6O2/c1-20-18(26)24-10-4-5-14(12-24)25(13-8-9-13)19(27)21-11-17-15-6-2-3-7-16(15)22-23-17/h2-3,6-7,13-14H,4-5,8-12H2,1H3,(H,20,26)(H,21,27)(H,22,23). The lowest BCUT2D eigenvalue weighted by molar-refractivity contribution is 0.116. The Morgan fingerprint density at radius 3 is 2.85 bits per heavy atom. The third-order valence-corrected chi connectivity index (χ3v) is 5.42. The minimum absolute atomic E-state index is 0.0556. The molecule has 4 amide bonds. The fourth-order valence-electron chi connectivity index (χ4n) is 3.91. The molecule has 1 saturated carbocycles. The number of hydrogen-bond acceptors (Lipinski definition) is 3. The van der Waals surface area contributed by atoms with Crippen molar-refractivity contribution in [2.75, 3.05) is 20.1 Å². The van der Waals surface area contributed by atoms with E-state index in [4.69, 9.17) is 0 Å². The molecule has 0 radical (unpaired) electrons. The van der Waals surface area contributed by atoms with Crippen LogP contribution in [-0.4, -0.2) is 64.3 Å². The highest BCUT2D eigenvalue weighted by atomic mass is 16.2. The van der Waals surface area contributed by atoms with Crippen molar-refractivity contribution in [3.63, 3.8) is 0 Å². The van der Waals surface area contributed by atoms with Gasteiger partial charge < -0.3 is 20.4 Å². The van der Waals surface area contributed by atoms with Crippen molar-refractivity contribution in [1.82, 2.24) is 30.6 Å². The van der Waals surface area contributed by atoms with Crippen molar-refractivity contribution >= 4 is 23.0 Å². The first kappa shape index (κ1) is 17.6. The van der Waals surface area contributed by atoms with Crippen molar-refractivity contribution in [1.29, 1.82) is 0 Å². The van der Waals surface area contributed by atoms with E-state index in [0.29, 0.717) is 13.1 Å². The van der Waals surface area contributed by atoms with Crippen LogP contribution < -0.4 is 10.6 Å². The second-order valence-corrected chi connectivity index (χ2v) is 7.31. The highest BCUT2D eigenvalue weighted by Gasteiger charge is 2.39. The van der Waals surface area contributed by atoms with Crippen molar-refractivity contribution in [2.24, 2.45) is 0 Å². The van der Waals surface area contributed by atoms with Gasteiger partial charge in [0, 0.05) is 31.6 Å². The Kier molecular flexibility index (Phi) is 4.87. The zero-order valence-electron chi connectivity index (χ0n) is 15.6. The van der Waals surface area contributed by atoms with E-state index in [9.17, 15) is 9.59 Å². The molecule has 1 atom stereocenters. The monoisotopic (exact) mass is 370 g/mol. The molecule has 1 saturated heterocycles. The molecule has 1 aliphatic carbocycles. The molecule has 8 heteroatoms. The van der Waals surface area contributed by atoms with E-state index in [-0.39, 0.29) is 24.1 Å². The molecule has 1 unspecified atom stereocenters. The van der Waals surface area contributed by atoms with Crippen molar-refractivity contribution < 1.29 is 9.59 Å². The number of para-hydroxylation sites is 1. The number of aromatic nitrogens is 2. The molecule has 0 bridgehead atoms. The predicted octanol–water partition coefficient (Wildman–Crippen LogP) is 2.04. The molecule has 0 spiro atoms. The number of piperidine rings is 1. The van der Waals surface area contributed by atoms with Gasteiger partial charge in [0.05, 0.1) is 23.8 Å². The lowest BCUT2D eigenvalue weighted by atomic mass is 10.0. The number of benzene rings is 1. The maximum atomic E-state index is 13.0. The highest BCUT2D eigenvalue weighted by molar-refractivity contribution is 5.82. The van der Waals surface area contributed by atoms with Gasteiger partial charge in [0.2, 0.25) is 0 Å². The molecular formula is C19H26N6O2. The Balaban J connectivity index is 1.43. The fourth-order valence-corrected chi connectivity index (χ4v) is 3.91. The van der Waals surface area contributed by atoms with Gasteiger partial charge in [0.15, 0.2) is 0 Å². The summed E-state index contributed by atoms with van der Waals surface area (Å²) in [6, 6.07) is 8.10. The van der Waals surface area contributed by atoms with Gasteiger partial charge >= 0.3 is 12.1 Å². The average molecular weight is 370 g/mol. The largest absolute Gasteiger partial charge is 0.341 e. The third kappa shape index (κ3) is 3.70. The van der Waals surface area contributed by atoms with E-state index in [1.54, 1.807) is 11.9 Å². The van der Waals surface area contributed by atoms with E-state index in [2.05, 4.69) is 20.8 Å². The van der Waals surface area contributed by atoms with Crippen molar-refractivity contribution in [3.8, 4) is 0 Å². The van der Waals surface area contributed by atoms with Gasteiger partial charge in [-0.25, -0.2) is 9.59 Å². The summed E-state index contributed by atoms with van der Waals surface area (Å²) >= 11 is 0. The highest BCUT2D eigenvalue weighted by Crippen LogP contribution is 2.31. The summed E-state index contributed by atoms with van der Waals surface area (Å²) in [5, 5.41) is 14.1. The van der Waals surface area contributed by atoms with Crippen LogP contribution in [0.5, 0.6) is 0 Å². The number of nitrogens with zero attached hydrogens (tertiary/aromatic N) is 3. The molecule has 3 N–H and O–H groups in total. The van der Waals surface area contributed by atoms with Crippen LogP contribution in [0.3, 0.4) is 0 Å². The summed E-state index contributed by atoms with van der Waals surface area (Å²) in [6.45, 7) is 1.75. The maximum absolute atomic E-state index is 13.0. The Bertz CT molecular complexity index is 830. The number of fused-ring (bicyclic) bond motifs is 1. The molecule has 1 aliphatic heterocycles. The van der Waals surface area contributed by atoms with Gasteiger partial charge in [0.25, 0.3) is 0 Å². The van der Waals surface area contributed by atoms with Crippen LogP contribution in [0.2, 0.25) is 0 Å². The van der Waals surface area contributed by atoms with Crippen molar-refractivity contribution in [2.45, 2.75) is 44.3 Å². The number of H-pyrrole nitrogens is 1. The summed E-state index contributed by atoms with van der Waals surface area (Å²) < 4.78 is 0. The van der Waals surface area contributed by atoms with E-state index < -0.39 is 0 Å². The molecule has 4 rings (SSSR count). The van der Waals surface area contributed by atoms with Gasteiger partial charge in [-0.1, -0.05) is 18.2 Å². The zero-order valence-corrected chi connectivity index (χ0v) is 15.6. The van der Waals surface area contributed by atoms with E-state index in [1.165, 1.54) is 0 Å².